The molecule has 2 fully saturated rings. The van der Waals surface area contributed by atoms with Crippen molar-refractivity contribution in [3.63, 3.8) is 0 Å². The summed E-state index contributed by atoms with van der Waals surface area (Å²) >= 11 is 0. The minimum absolute atomic E-state index is 0.745. The van der Waals surface area contributed by atoms with E-state index < -0.39 is 0 Å². The molecule has 2 aliphatic heterocycles. The standard InChI is InChI=1S/C16H28N4/c1-3-4-5-16-17-10-13(18-16)11-20-14-6-7-15(20)12-19(2)9-8-14/h10,14-15H,3-9,11-12H2,1-2H3,(H,17,18)/t14-,15+/m1/s1. The lowest BCUT2D eigenvalue weighted by Gasteiger charge is -2.27. The van der Waals surface area contributed by atoms with Gasteiger partial charge in [0.2, 0.25) is 0 Å². The van der Waals surface area contributed by atoms with Crippen LogP contribution in [0.4, 0.5) is 0 Å². The lowest BCUT2D eigenvalue weighted by Crippen LogP contribution is -2.37. The van der Waals surface area contributed by atoms with Crippen molar-refractivity contribution in [3.05, 3.63) is 17.7 Å². The summed E-state index contributed by atoms with van der Waals surface area (Å²) in [6.07, 6.45) is 9.68. The molecule has 1 aromatic rings. The molecular formula is C16H28N4. The number of rotatable bonds is 5. The van der Waals surface area contributed by atoms with E-state index in [1.54, 1.807) is 0 Å². The molecule has 3 heterocycles. The summed E-state index contributed by atoms with van der Waals surface area (Å²) in [5.74, 6) is 1.17. The van der Waals surface area contributed by atoms with Gasteiger partial charge in [0.1, 0.15) is 5.82 Å². The van der Waals surface area contributed by atoms with Gasteiger partial charge < -0.3 is 9.88 Å². The van der Waals surface area contributed by atoms with E-state index in [-0.39, 0.29) is 0 Å². The van der Waals surface area contributed by atoms with Crippen molar-refractivity contribution < 1.29 is 0 Å². The van der Waals surface area contributed by atoms with Gasteiger partial charge >= 0.3 is 0 Å². The molecule has 0 aliphatic carbocycles. The molecule has 0 aromatic carbocycles. The Morgan fingerprint density at radius 1 is 1.30 bits per heavy atom. The van der Waals surface area contributed by atoms with Crippen LogP contribution in [0.1, 0.15) is 50.5 Å². The van der Waals surface area contributed by atoms with Crippen molar-refractivity contribution in [1.82, 2.24) is 19.8 Å². The molecule has 4 heteroatoms. The average Bonchev–Trinajstić information content (AvgIpc) is 2.98. The Kier molecular flexibility index (Phi) is 4.41. The number of fused-ring (bicyclic) bond motifs is 2. The molecule has 112 valence electrons. The van der Waals surface area contributed by atoms with Crippen LogP contribution in [0.2, 0.25) is 0 Å². The number of hydrogen-bond donors (Lipinski definition) is 1. The third kappa shape index (κ3) is 3.07. The minimum atomic E-state index is 0.745. The predicted molar refractivity (Wildman–Crippen MR) is 81.7 cm³/mol. The van der Waals surface area contributed by atoms with Gasteiger partial charge in [0.25, 0.3) is 0 Å². The molecule has 0 spiro atoms. The molecule has 3 rings (SSSR count). The smallest absolute Gasteiger partial charge is 0.106 e. The first-order chi connectivity index (χ1) is 9.76. The van der Waals surface area contributed by atoms with Crippen molar-refractivity contribution in [3.8, 4) is 0 Å². The summed E-state index contributed by atoms with van der Waals surface area (Å²) in [6.45, 7) is 5.77. The Morgan fingerprint density at radius 3 is 3.00 bits per heavy atom. The van der Waals surface area contributed by atoms with Crippen LogP contribution in [0.5, 0.6) is 0 Å². The maximum Gasteiger partial charge on any atom is 0.106 e. The molecule has 2 saturated heterocycles. The van der Waals surface area contributed by atoms with Crippen LogP contribution >= 0.6 is 0 Å². The first-order valence-electron chi connectivity index (χ1n) is 8.23. The van der Waals surface area contributed by atoms with E-state index in [9.17, 15) is 0 Å². The van der Waals surface area contributed by atoms with Crippen molar-refractivity contribution in [2.24, 2.45) is 0 Å². The quantitative estimate of drug-likeness (QED) is 0.897. The normalized spacial score (nSPS) is 27.9. The number of aryl methyl sites for hydroxylation is 1. The molecular weight excluding hydrogens is 248 g/mol. The lowest BCUT2D eigenvalue weighted by atomic mass is 10.1. The number of aromatic nitrogens is 2. The Bertz CT molecular complexity index is 428. The van der Waals surface area contributed by atoms with Crippen molar-refractivity contribution in [2.75, 3.05) is 20.1 Å². The number of imidazole rings is 1. The predicted octanol–water partition coefficient (Wildman–Crippen LogP) is 2.42. The highest BCUT2D eigenvalue weighted by Crippen LogP contribution is 2.31. The molecule has 2 bridgehead atoms. The fourth-order valence-electron chi connectivity index (χ4n) is 3.75. The van der Waals surface area contributed by atoms with E-state index in [1.165, 1.54) is 56.7 Å². The van der Waals surface area contributed by atoms with Gasteiger partial charge in [0.05, 0.1) is 0 Å². The lowest BCUT2D eigenvalue weighted by molar-refractivity contribution is 0.182. The van der Waals surface area contributed by atoms with Crippen LogP contribution in [-0.2, 0) is 13.0 Å². The largest absolute Gasteiger partial charge is 0.345 e. The van der Waals surface area contributed by atoms with E-state index >= 15 is 0 Å². The molecule has 2 aliphatic rings. The van der Waals surface area contributed by atoms with Gasteiger partial charge in [-0.25, -0.2) is 4.98 Å². The van der Waals surface area contributed by atoms with Crippen molar-refractivity contribution in [1.29, 1.82) is 0 Å². The highest BCUT2D eigenvalue weighted by atomic mass is 15.3. The van der Waals surface area contributed by atoms with Gasteiger partial charge in [-0.1, -0.05) is 13.3 Å². The second-order valence-corrected chi connectivity index (χ2v) is 6.57. The molecule has 1 aromatic heterocycles. The number of hydrogen-bond acceptors (Lipinski definition) is 3. The van der Waals surface area contributed by atoms with E-state index in [4.69, 9.17) is 0 Å². The average molecular weight is 276 g/mol. The second kappa shape index (κ2) is 6.27. The zero-order chi connectivity index (χ0) is 13.9. The Balaban J connectivity index is 1.63. The van der Waals surface area contributed by atoms with Gasteiger partial charge in [-0.2, -0.15) is 0 Å². The molecule has 20 heavy (non-hydrogen) atoms. The maximum atomic E-state index is 4.54. The maximum absolute atomic E-state index is 4.54. The van der Waals surface area contributed by atoms with E-state index in [0.717, 1.165) is 25.0 Å². The molecule has 1 N–H and O–H groups in total. The molecule has 0 unspecified atom stereocenters. The summed E-state index contributed by atoms with van der Waals surface area (Å²) in [5.41, 5.74) is 1.30. The molecule has 0 saturated carbocycles. The monoisotopic (exact) mass is 276 g/mol. The SMILES string of the molecule is CCCCc1ncc(CN2[C@@H]3CC[C@H]2CN(C)CC3)[nH]1. The van der Waals surface area contributed by atoms with Crippen LogP contribution in [0.15, 0.2) is 6.20 Å². The second-order valence-electron chi connectivity index (χ2n) is 6.57. The summed E-state index contributed by atoms with van der Waals surface area (Å²) in [4.78, 5) is 13.3. The van der Waals surface area contributed by atoms with Gasteiger partial charge in [0.15, 0.2) is 0 Å². The number of aromatic amines is 1. The highest BCUT2D eigenvalue weighted by molar-refractivity contribution is 5.04. The summed E-state index contributed by atoms with van der Waals surface area (Å²) in [7, 11) is 2.26. The number of nitrogens with one attached hydrogen (secondary N) is 1. The Hall–Kier alpha value is -0.870. The van der Waals surface area contributed by atoms with E-state index in [0.29, 0.717) is 0 Å². The third-order valence-electron chi connectivity index (χ3n) is 4.94. The minimum Gasteiger partial charge on any atom is -0.345 e. The summed E-state index contributed by atoms with van der Waals surface area (Å²) in [6, 6.07) is 1.53. The number of H-pyrrole nitrogens is 1. The topological polar surface area (TPSA) is 35.2 Å². The van der Waals surface area contributed by atoms with Gasteiger partial charge in [-0.15, -0.1) is 0 Å². The van der Waals surface area contributed by atoms with Crippen molar-refractivity contribution in [2.45, 2.75) is 64.1 Å². The van der Waals surface area contributed by atoms with Crippen LogP contribution in [-0.4, -0.2) is 52.0 Å². The molecule has 0 radical (unpaired) electrons. The number of likely N-dealkylation sites (N-methyl/N-ethyl adjacent to an activating group) is 1. The molecule has 0 amide bonds. The first kappa shape index (κ1) is 14.1. The van der Waals surface area contributed by atoms with Gasteiger partial charge in [-0.05, 0) is 39.3 Å². The fraction of sp³-hybridized carbons (Fsp3) is 0.812. The van der Waals surface area contributed by atoms with Crippen LogP contribution < -0.4 is 0 Å². The number of nitrogens with zero attached hydrogens (tertiary/aromatic N) is 3. The Morgan fingerprint density at radius 2 is 2.15 bits per heavy atom. The number of likely N-dealkylation sites (tertiary alicyclic amines) is 1. The van der Waals surface area contributed by atoms with Gasteiger partial charge in [0, 0.05) is 43.5 Å². The zero-order valence-corrected chi connectivity index (χ0v) is 12.9. The summed E-state index contributed by atoms with van der Waals surface area (Å²) in [5, 5.41) is 0. The molecule has 4 nitrogen and oxygen atoms in total. The van der Waals surface area contributed by atoms with Crippen LogP contribution in [0.3, 0.4) is 0 Å². The van der Waals surface area contributed by atoms with Crippen LogP contribution in [0.25, 0.3) is 0 Å². The zero-order valence-electron chi connectivity index (χ0n) is 12.9. The number of unbranched alkanes of at least 4 members (excludes halogenated alkanes) is 1. The van der Waals surface area contributed by atoms with E-state index in [2.05, 4.69) is 39.9 Å². The van der Waals surface area contributed by atoms with Gasteiger partial charge in [-0.3, -0.25) is 4.90 Å². The third-order valence-corrected chi connectivity index (χ3v) is 4.94. The molecule has 2 atom stereocenters. The Labute approximate surface area is 122 Å². The highest BCUT2D eigenvalue weighted by Gasteiger charge is 2.36. The fourth-order valence-corrected chi connectivity index (χ4v) is 3.75. The van der Waals surface area contributed by atoms with Crippen molar-refractivity contribution >= 4 is 0 Å². The summed E-state index contributed by atoms with van der Waals surface area (Å²) < 4.78 is 0. The van der Waals surface area contributed by atoms with Crippen LogP contribution in [0, 0.1) is 0 Å². The first-order valence-corrected chi connectivity index (χ1v) is 8.23. The van der Waals surface area contributed by atoms with E-state index in [1.807, 2.05) is 0 Å².